The Hall–Kier alpha value is -2.40. The number of benzene rings is 1. The lowest BCUT2D eigenvalue weighted by molar-refractivity contribution is -0.00546. The number of rotatable bonds is 3. The third kappa shape index (κ3) is 3.76. The molecule has 1 aromatic heterocycles. The zero-order chi connectivity index (χ0) is 19.7. The Morgan fingerprint density at radius 1 is 1.14 bits per heavy atom. The van der Waals surface area contributed by atoms with Crippen LogP contribution >= 0.6 is 0 Å². The number of pyridine rings is 1. The normalized spacial score (nSPS) is 24.5. The van der Waals surface area contributed by atoms with Crippen molar-refractivity contribution >= 4 is 11.7 Å². The molecule has 0 bridgehead atoms. The molecule has 0 saturated carbocycles. The molecule has 2 aliphatic rings. The van der Waals surface area contributed by atoms with Crippen molar-refractivity contribution in [1.29, 1.82) is 0 Å². The van der Waals surface area contributed by atoms with Crippen LogP contribution in [-0.4, -0.2) is 48.1 Å². The van der Waals surface area contributed by atoms with E-state index >= 15 is 0 Å². The lowest BCUT2D eigenvalue weighted by Gasteiger charge is -2.36. The molecule has 0 radical (unpaired) electrons. The number of aromatic nitrogens is 1. The van der Waals surface area contributed by atoms with Gasteiger partial charge in [0.15, 0.2) is 0 Å². The van der Waals surface area contributed by atoms with Gasteiger partial charge in [-0.05, 0) is 56.4 Å². The second-order valence-corrected chi connectivity index (χ2v) is 8.09. The predicted molar refractivity (Wildman–Crippen MR) is 111 cm³/mol. The second kappa shape index (κ2) is 7.92. The van der Waals surface area contributed by atoms with Crippen LogP contribution in [0.3, 0.4) is 0 Å². The topological polar surface area (TPSA) is 45.7 Å². The van der Waals surface area contributed by atoms with Gasteiger partial charge in [0.05, 0.1) is 23.8 Å². The van der Waals surface area contributed by atoms with Gasteiger partial charge in [-0.3, -0.25) is 4.79 Å². The summed E-state index contributed by atoms with van der Waals surface area (Å²) in [7, 11) is 1.91. The van der Waals surface area contributed by atoms with Crippen LogP contribution < -0.4 is 4.90 Å². The van der Waals surface area contributed by atoms with Crippen molar-refractivity contribution in [3.8, 4) is 0 Å². The third-order valence-electron chi connectivity index (χ3n) is 5.86. The molecule has 148 valence electrons. The maximum atomic E-state index is 13.1. The molecule has 0 unspecified atom stereocenters. The van der Waals surface area contributed by atoms with E-state index in [1.807, 2.05) is 24.1 Å². The number of hydrogen-bond acceptors (Lipinski definition) is 4. The zero-order valence-electron chi connectivity index (χ0n) is 17.0. The highest BCUT2D eigenvalue weighted by molar-refractivity contribution is 5.94. The minimum Gasteiger partial charge on any atom is -0.372 e. The molecule has 1 aromatic carbocycles. The molecule has 5 heteroatoms. The van der Waals surface area contributed by atoms with Crippen LogP contribution in [-0.2, 0) is 11.2 Å². The average Bonchev–Trinajstić information content (AvgIpc) is 2.71. The summed E-state index contributed by atoms with van der Waals surface area (Å²) in [5, 5.41) is 0. The zero-order valence-corrected chi connectivity index (χ0v) is 17.0. The summed E-state index contributed by atoms with van der Waals surface area (Å²) >= 11 is 0. The van der Waals surface area contributed by atoms with Crippen LogP contribution in [0.25, 0.3) is 0 Å². The SMILES string of the molecule is C[C@@H]1CN(c2ccc(C(=O)N(C)[C@H]3CCCc4ccccc43)cn2)C[C@H](C)O1. The molecule has 28 heavy (non-hydrogen) atoms. The summed E-state index contributed by atoms with van der Waals surface area (Å²) in [6.07, 6.45) is 5.31. The molecule has 1 amide bonds. The van der Waals surface area contributed by atoms with Gasteiger partial charge < -0.3 is 14.5 Å². The van der Waals surface area contributed by atoms with Crippen LogP contribution in [0.1, 0.15) is 54.2 Å². The molecule has 1 saturated heterocycles. The number of anilines is 1. The fraction of sp³-hybridized carbons (Fsp3) is 0.478. The Kier molecular flexibility index (Phi) is 5.36. The van der Waals surface area contributed by atoms with E-state index in [1.54, 1.807) is 6.20 Å². The van der Waals surface area contributed by atoms with E-state index in [0.717, 1.165) is 38.2 Å². The quantitative estimate of drug-likeness (QED) is 0.813. The molecule has 2 heterocycles. The maximum Gasteiger partial charge on any atom is 0.255 e. The first kappa shape index (κ1) is 18.9. The standard InChI is InChI=1S/C23H29N3O2/c1-16-14-26(15-17(2)28-16)22-12-11-19(13-24-22)23(27)25(3)21-10-6-8-18-7-4-5-9-20(18)21/h4-5,7,9,11-13,16-17,21H,6,8,10,14-15H2,1-3H3/t16-,17+,21-/m0/s1. The van der Waals surface area contributed by atoms with Crippen molar-refractivity contribution in [2.24, 2.45) is 0 Å². The Balaban J connectivity index is 1.49. The van der Waals surface area contributed by atoms with Gasteiger partial charge in [-0.2, -0.15) is 0 Å². The van der Waals surface area contributed by atoms with Crippen LogP contribution in [0.4, 0.5) is 5.82 Å². The lowest BCUT2D eigenvalue weighted by atomic mass is 9.87. The highest BCUT2D eigenvalue weighted by atomic mass is 16.5. The molecular formula is C23H29N3O2. The molecule has 5 nitrogen and oxygen atoms in total. The fourth-order valence-electron chi connectivity index (χ4n) is 4.54. The minimum absolute atomic E-state index is 0.0319. The van der Waals surface area contributed by atoms with Gasteiger partial charge >= 0.3 is 0 Å². The molecule has 0 spiro atoms. The average molecular weight is 380 g/mol. The number of fused-ring (bicyclic) bond motifs is 1. The van der Waals surface area contributed by atoms with Gasteiger partial charge in [-0.25, -0.2) is 4.98 Å². The highest BCUT2D eigenvalue weighted by Crippen LogP contribution is 2.34. The van der Waals surface area contributed by atoms with Crippen molar-refractivity contribution in [1.82, 2.24) is 9.88 Å². The highest BCUT2D eigenvalue weighted by Gasteiger charge is 2.28. The Bertz CT molecular complexity index is 826. The summed E-state index contributed by atoms with van der Waals surface area (Å²) in [5.74, 6) is 0.939. The molecule has 1 aliphatic carbocycles. The summed E-state index contributed by atoms with van der Waals surface area (Å²) in [6.45, 7) is 5.81. The molecule has 1 aliphatic heterocycles. The fourth-order valence-corrected chi connectivity index (χ4v) is 4.54. The monoisotopic (exact) mass is 379 g/mol. The third-order valence-corrected chi connectivity index (χ3v) is 5.86. The van der Waals surface area contributed by atoms with Gasteiger partial charge in [-0.15, -0.1) is 0 Å². The number of nitrogens with zero attached hydrogens (tertiary/aromatic N) is 3. The number of carbonyl (C=O) groups is 1. The Morgan fingerprint density at radius 2 is 1.89 bits per heavy atom. The number of carbonyl (C=O) groups excluding carboxylic acids is 1. The Morgan fingerprint density at radius 3 is 2.61 bits per heavy atom. The number of ether oxygens (including phenoxy) is 1. The van der Waals surface area contributed by atoms with E-state index < -0.39 is 0 Å². The number of aryl methyl sites for hydroxylation is 1. The van der Waals surface area contributed by atoms with Crippen LogP contribution in [0, 0.1) is 0 Å². The van der Waals surface area contributed by atoms with E-state index in [1.165, 1.54) is 11.1 Å². The minimum atomic E-state index is 0.0319. The Labute approximate surface area is 167 Å². The summed E-state index contributed by atoms with van der Waals surface area (Å²) in [6, 6.07) is 12.5. The van der Waals surface area contributed by atoms with Crippen LogP contribution in [0.5, 0.6) is 0 Å². The molecule has 0 N–H and O–H groups in total. The molecule has 4 rings (SSSR count). The second-order valence-electron chi connectivity index (χ2n) is 8.09. The van der Waals surface area contributed by atoms with Gasteiger partial charge in [0.2, 0.25) is 0 Å². The van der Waals surface area contributed by atoms with Crippen molar-refractivity contribution in [3.05, 3.63) is 59.3 Å². The van der Waals surface area contributed by atoms with Gasteiger partial charge in [0.25, 0.3) is 5.91 Å². The van der Waals surface area contributed by atoms with Crippen molar-refractivity contribution in [3.63, 3.8) is 0 Å². The smallest absolute Gasteiger partial charge is 0.255 e. The first-order chi connectivity index (χ1) is 13.5. The van der Waals surface area contributed by atoms with E-state index in [2.05, 4.69) is 48.0 Å². The van der Waals surface area contributed by atoms with Gasteiger partial charge in [-0.1, -0.05) is 24.3 Å². The van der Waals surface area contributed by atoms with Crippen molar-refractivity contribution < 1.29 is 9.53 Å². The van der Waals surface area contributed by atoms with E-state index in [4.69, 9.17) is 4.74 Å². The van der Waals surface area contributed by atoms with Crippen molar-refractivity contribution in [2.75, 3.05) is 25.0 Å². The molecule has 1 fully saturated rings. The number of morpholine rings is 1. The van der Waals surface area contributed by atoms with Crippen molar-refractivity contribution in [2.45, 2.75) is 51.4 Å². The van der Waals surface area contributed by atoms with E-state index in [0.29, 0.717) is 5.56 Å². The molecule has 3 atom stereocenters. The summed E-state index contributed by atoms with van der Waals surface area (Å²) < 4.78 is 5.80. The van der Waals surface area contributed by atoms with E-state index in [9.17, 15) is 4.79 Å². The summed E-state index contributed by atoms with van der Waals surface area (Å²) in [4.78, 5) is 21.8. The van der Waals surface area contributed by atoms with Gasteiger partial charge in [0.1, 0.15) is 5.82 Å². The maximum absolute atomic E-state index is 13.1. The van der Waals surface area contributed by atoms with Crippen LogP contribution in [0.15, 0.2) is 42.6 Å². The number of hydrogen-bond donors (Lipinski definition) is 0. The predicted octanol–water partition coefficient (Wildman–Crippen LogP) is 3.84. The van der Waals surface area contributed by atoms with Crippen LogP contribution in [0.2, 0.25) is 0 Å². The summed E-state index contributed by atoms with van der Waals surface area (Å²) in [5.41, 5.74) is 3.29. The largest absolute Gasteiger partial charge is 0.372 e. The first-order valence-electron chi connectivity index (χ1n) is 10.2. The molecule has 2 aromatic rings. The first-order valence-corrected chi connectivity index (χ1v) is 10.2. The lowest BCUT2D eigenvalue weighted by Crippen LogP contribution is -2.45. The number of amides is 1. The van der Waals surface area contributed by atoms with Gasteiger partial charge in [0, 0.05) is 26.3 Å². The van der Waals surface area contributed by atoms with E-state index in [-0.39, 0.29) is 24.2 Å². The molecular weight excluding hydrogens is 350 g/mol.